The molecule has 1 amide bonds. The average Bonchev–Trinajstić information content (AvgIpc) is 3.04. The molecule has 3 saturated heterocycles. The molecule has 2 atom stereocenters. The van der Waals surface area contributed by atoms with Crippen LogP contribution in [-0.4, -0.2) is 63.9 Å². The Balaban J connectivity index is 1.37. The maximum Gasteiger partial charge on any atom is 0.272 e. The molecular weight excluding hydrogens is 352 g/mol. The molecule has 0 saturated carbocycles. The number of ketones is 1. The number of Topliss-reactive ketones (excluding diaryl/α,β-unsaturated/α-hetero) is 1. The number of amides is 1. The van der Waals surface area contributed by atoms with Gasteiger partial charge in [-0.2, -0.15) is 5.10 Å². The summed E-state index contributed by atoms with van der Waals surface area (Å²) in [6.45, 7) is 5.34. The summed E-state index contributed by atoms with van der Waals surface area (Å²) >= 11 is 0. The van der Waals surface area contributed by atoms with Crippen LogP contribution in [0.1, 0.15) is 52.7 Å². The quantitative estimate of drug-likeness (QED) is 0.783. The highest BCUT2D eigenvalue weighted by Crippen LogP contribution is 2.29. The molecule has 2 aromatic rings. The minimum absolute atomic E-state index is 0.0270. The van der Waals surface area contributed by atoms with E-state index in [9.17, 15) is 9.59 Å². The fourth-order valence-electron chi connectivity index (χ4n) is 4.53. The lowest BCUT2D eigenvalue weighted by molar-refractivity contribution is 0.0579. The van der Waals surface area contributed by atoms with E-state index in [2.05, 4.69) is 45.4 Å². The maximum absolute atomic E-state index is 13.0. The minimum atomic E-state index is -0.128. The fourth-order valence-corrected chi connectivity index (χ4v) is 4.53. The number of rotatable bonds is 6. The van der Waals surface area contributed by atoms with E-state index in [0.717, 1.165) is 45.4 Å². The number of aromatic nitrogens is 2. The second-order valence-corrected chi connectivity index (χ2v) is 8.13. The van der Waals surface area contributed by atoms with Gasteiger partial charge in [0.25, 0.3) is 5.91 Å². The van der Waals surface area contributed by atoms with Crippen molar-refractivity contribution >= 4 is 11.7 Å². The molecule has 1 aromatic heterocycles. The van der Waals surface area contributed by atoms with Gasteiger partial charge in [-0.05, 0) is 49.8 Å². The van der Waals surface area contributed by atoms with Crippen molar-refractivity contribution in [3.63, 3.8) is 0 Å². The van der Waals surface area contributed by atoms with Gasteiger partial charge in [-0.1, -0.05) is 30.3 Å². The van der Waals surface area contributed by atoms with Crippen molar-refractivity contribution in [2.24, 2.45) is 5.92 Å². The van der Waals surface area contributed by atoms with E-state index in [4.69, 9.17) is 0 Å². The Morgan fingerprint density at radius 2 is 1.96 bits per heavy atom. The fraction of sp³-hybridized carbons (Fsp3) is 0.500. The third-order valence-electron chi connectivity index (χ3n) is 6.00. The Labute approximate surface area is 165 Å². The van der Waals surface area contributed by atoms with Crippen LogP contribution in [0.2, 0.25) is 0 Å². The topological polar surface area (TPSA) is 69.3 Å². The van der Waals surface area contributed by atoms with E-state index in [1.807, 2.05) is 4.90 Å². The highest BCUT2D eigenvalue weighted by Gasteiger charge is 2.37. The Hall–Kier alpha value is -2.47. The van der Waals surface area contributed by atoms with E-state index < -0.39 is 0 Å². The monoisotopic (exact) mass is 380 g/mol. The molecule has 28 heavy (non-hydrogen) atoms. The van der Waals surface area contributed by atoms with E-state index in [1.54, 1.807) is 6.07 Å². The van der Waals surface area contributed by atoms with Gasteiger partial charge in [-0.25, -0.2) is 0 Å². The first-order valence-corrected chi connectivity index (χ1v) is 10.2. The maximum atomic E-state index is 13.0. The molecule has 0 aliphatic carbocycles. The summed E-state index contributed by atoms with van der Waals surface area (Å²) in [5.41, 5.74) is 2.14. The summed E-state index contributed by atoms with van der Waals surface area (Å²) in [7, 11) is 0. The van der Waals surface area contributed by atoms with Crippen LogP contribution in [0.4, 0.5) is 0 Å². The number of piperidine rings is 1. The van der Waals surface area contributed by atoms with Crippen molar-refractivity contribution in [3.05, 3.63) is 53.3 Å². The molecule has 0 spiro atoms. The van der Waals surface area contributed by atoms with Crippen molar-refractivity contribution in [2.75, 3.05) is 26.2 Å². The van der Waals surface area contributed by atoms with Crippen LogP contribution in [0.5, 0.6) is 0 Å². The van der Waals surface area contributed by atoms with Gasteiger partial charge in [0.2, 0.25) is 0 Å². The molecule has 3 aliphatic heterocycles. The highest BCUT2D eigenvalue weighted by atomic mass is 16.2. The van der Waals surface area contributed by atoms with Gasteiger partial charge in [-0.15, -0.1) is 0 Å². The molecule has 1 N–H and O–H groups in total. The minimum Gasteiger partial charge on any atom is -0.333 e. The van der Waals surface area contributed by atoms with Crippen LogP contribution in [-0.2, 0) is 6.42 Å². The van der Waals surface area contributed by atoms with Crippen LogP contribution >= 0.6 is 0 Å². The second kappa shape index (κ2) is 8.27. The van der Waals surface area contributed by atoms with E-state index in [1.165, 1.54) is 18.9 Å². The highest BCUT2D eigenvalue weighted by molar-refractivity contribution is 5.97. The number of aromatic amines is 1. The molecule has 1 aromatic carbocycles. The van der Waals surface area contributed by atoms with Gasteiger partial charge in [0.05, 0.1) is 0 Å². The Kier molecular flexibility index (Phi) is 5.57. The number of hydrogen-bond donors (Lipinski definition) is 1. The first kappa shape index (κ1) is 18.9. The van der Waals surface area contributed by atoms with Crippen molar-refractivity contribution < 1.29 is 9.59 Å². The Bertz CT molecular complexity index is 832. The lowest BCUT2D eigenvalue weighted by Crippen LogP contribution is -2.47. The lowest BCUT2D eigenvalue weighted by Gasteiger charge is -2.35. The molecule has 4 heterocycles. The van der Waals surface area contributed by atoms with Gasteiger partial charge in [-0.3, -0.25) is 14.7 Å². The molecule has 5 rings (SSSR count). The number of carbonyl (C=O) groups is 2. The van der Waals surface area contributed by atoms with Gasteiger partial charge < -0.3 is 9.80 Å². The summed E-state index contributed by atoms with van der Waals surface area (Å²) in [6.07, 6.45) is 4.47. The summed E-state index contributed by atoms with van der Waals surface area (Å²) in [6, 6.07) is 12.4. The van der Waals surface area contributed by atoms with Gasteiger partial charge in [0, 0.05) is 32.6 Å². The van der Waals surface area contributed by atoms with E-state index >= 15 is 0 Å². The molecule has 2 bridgehead atoms. The lowest BCUT2D eigenvalue weighted by atomic mass is 9.94. The zero-order valence-electron chi connectivity index (χ0n) is 16.4. The van der Waals surface area contributed by atoms with Crippen molar-refractivity contribution in [1.82, 2.24) is 20.0 Å². The number of hydrogen-bond acceptors (Lipinski definition) is 4. The molecule has 148 valence electrons. The number of fused-ring (bicyclic) bond motifs is 4. The third kappa shape index (κ3) is 4.17. The summed E-state index contributed by atoms with van der Waals surface area (Å²) in [4.78, 5) is 29.0. The number of benzene rings is 1. The normalized spacial score (nSPS) is 22.2. The van der Waals surface area contributed by atoms with Gasteiger partial charge in [0.15, 0.2) is 5.78 Å². The van der Waals surface area contributed by atoms with Gasteiger partial charge in [0.1, 0.15) is 11.4 Å². The zero-order chi connectivity index (χ0) is 19.5. The van der Waals surface area contributed by atoms with Crippen LogP contribution in [0.25, 0.3) is 0 Å². The van der Waals surface area contributed by atoms with Crippen LogP contribution in [0, 0.1) is 5.92 Å². The standard InChI is InChI=1S/C22H28N4O2/c1-16(27)20-12-21(24-23-20)22(28)26-14-18-9-10-19(26)15-25(13-18)11-5-8-17-6-3-2-4-7-17/h2-4,6-7,12,18-19H,5,8-11,13-15H2,1H3,(H,23,24)/t18-,19+/m0/s1. The van der Waals surface area contributed by atoms with E-state index in [-0.39, 0.29) is 17.7 Å². The van der Waals surface area contributed by atoms with Crippen LogP contribution in [0.3, 0.4) is 0 Å². The van der Waals surface area contributed by atoms with Crippen molar-refractivity contribution in [2.45, 2.75) is 38.6 Å². The molecule has 6 heteroatoms. The molecule has 3 aliphatic rings. The number of carbonyl (C=O) groups excluding carboxylic acids is 2. The first-order chi connectivity index (χ1) is 13.6. The van der Waals surface area contributed by atoms with E-state index in [0.29, 0.717) is 17.3 Å². The number of nitrogens with one attached hydrogen (secondary N) is 1. The Morgan fingerprint density at radius 3 is 2.71 bits per heavy atom. The molecule has 0 unspecified atom stereocenters. The number of H-pyrrole nitrogens is 1. The Morgan fingerprint density at radius 1 is 1.14 bits per heavy atom. The number of nitrogens with zero attached hydrogens (tertiary/aromatic N) is 3. The second-order valence-electron chi connectivity index (χ2n) is 8.13. The summed E-state index contributed by atoms with van der Waals surface area (Å²) < 4.78 is 0. The predicted molar refractivity (Wildman–Crippen MR) is 107 cm³/mol. The van der Waals surface area contributed by atoms with Crippen LogP contribution in [0.15, 0.2) is 36.4 Å². The van der Waals surface area contributed by atoms with Crippen LogP contribution < -0.4 is 0 Å². The summed E-state index contributed by atoms with van der Waals surface area (Å²) in [5, 5.41) is 6.72. The molecule has 6 nitrogen and oxygen atoms in total. The van der Waals surface area contributed by atoms with Crippen molar-refractivity contribution in [3.8, 4) is 0 Å². The smallest absolute Gasteiger partial charge is 0.272 e. The SMILES string of the molecule is CC(=O)c1cc(C(=O)N2C[C@H]3CC[C@@H]2CN(CCCc2ccccc2)C3)[nH]n1. The largest absolute Gasteiger partial charge is 0.333 e. The average molecular weight is 380 g/mol. The predicted octanol–water partition coefficient (Wildman–Crippen LogP) is 2.78. The first-order valence-electron chi connectivity index (χ1n) is 10.2. The molecular formula is C22H28N4O2. The van der Waals surface area contributed by atoms with Gasteiger partial charge >= 0.3 is 0 Å². The molecule has 3 fully saturated rings. The summed E-state index contributed by atoms with van der Waals surface area (Å²) in [5.74, 6) is 0.368. The third-order valence-corrected chi connectivity index (χ3v) is 6.00. The number of aryl methyl sites for hydroxylation is 1. The van der Waals surface area contributed by atoms with Crippen molar-refractivity contribution in [1.29, 1.82) is 0 Å². The zero-order valence-corrected chi connectivity index (χ0v) is 16.4. The molecule has 0 radical (unpaired) electrons.